The Labute approximate surface area is 552 Å². The zero-order valence-electron chi connectivity index (χ0n) is 52.9. The molecular formula is C65H80N14O15S. The number of nitrogens with zero attached hydrogens (tertiary/aromatic N) is 4. The van der Waals surface area contributed by atoms with Gasteiger partial charge in [-0.25, -0.2) is 14.6 Å². The molecule has 30 heteroatoms. The van der Waals surface area contributed by atoms with E-state index in [1.165, 1.54) is 38.6 Å². The maximum Gasteiger partial charge on any atom is 0.407 e. The van der Waals surface area contributed by atoms with Crippen LogP contribution in [0, 0.1) is 10.1 Å². The van der Waals surface area contributed by atoms with Crippen molar-refractivity contribution in [1.82, 2.24) is 62.5 Å². The molecule has 506 valence electrons. The van der Waals surface area contributed by atoms with Crippen LogP contribution < -0.4 is 62.5 Å². The zero-order valence-corrected chi connectivity index (χ0v) is 53.7. The standard InChI is InChI=1S/C65H80N14O15S/c1-40(47-34-51(89-3)52(35-50(47)79(87)88)91-30-11-17-55(81)68-29-31-90-32-33-92-64(85)71-36-42-18-20-43(21-19-42)37-93-62-57-59(73-39-72-57)77-63(66)78-62)94-65(86)70-26-10-9-14-48(76-60(83)46-24-22-45(23-25-46)58(82)44-12-5-4-6-13-44)61(84)69-28-27-67-54(80)16-8-7-15-53-56-49(38-95-53)74-41(2)75-56/h4-6,12-13,18-25,34-35,39-40,48-49,53,56,74-75H,2,7-11,14-17,26-33,36-38H2,1,3H3,(H,67,80)(H,68,81)(H,69,84)(H,70,86)(H,71,85)(H,76,83)(H3,66,72,73,77,78). The number of nitrogens with two attached hydrogens (primary N) is 1. The number of nitrogen functional groups attached to an aromatic ring is 1. The minimum absolute atomic E-state index is 0.00177. The van der Waals surface area contributed by atoms with Gasteiger partial charge in [-0.15, -0.1) is 0 Å². The molecule has 6 aromatic rings. The second-order valence-electron chi connectivity index (χ2n) is 22.2. The predicted molar refractivity (Wildman–Crippen MR) is 351 cm³/mol. The molecule has 6 amide bonds. The fourth-order valence-electron chi connectivity index (χ4n) is 10.4. The van der Waals surface area contributed by atoms with Gasteiger partial charge < -0.3 is 81.7 Å². The second kappa shape index (κ2) is 36.3. The van der Waals surface area contributed by atoms with Gasteiger partial charge in [0.25, 0.3) is 11.6 Å². The van der Waals surface area contributed by atoms with E-state index < -0.39 is 46.8 Å². The number of ketones is 1. The molecule has 4 heterocycles. The Kier molecular flexibility index (Phi) is 27.0. The van der Waals surface area contributed by atoms with Gasteiger partial charge in [0.1, 0.15) is 25.4 Å². The van der Waals surface area contributed by atoms with Crippen LogP contribution in [0.2, 0.25) is 0 Å². The number of nitrogens with one attached hydrogen (secondary N) is 9. The third kappa shape index (κ3) is 21.9. The molecule has 0 saturated carbocycles. The van der Waals surface area contributed by atoms with E-state index in [0.29, 0.717) is 58.9 Å². The van der Waals surface area contributed by atoms with Crippen LogP contribution >= 0.6 is 11.8 Å². The Hall–Kier alpha value is -10.2. The number of alkyl carbamates (subject to hydrolysis) is 2. The molecule has 0 aliphatic carbocycles. The lowest BCUT2D eigenvalue weighted by molar-refractivity contribution is -0.386. The van der Waals surface area contributed by atoms with Gasteiger partial charge in [-0.1, -0.05) is 79.7 Å². The summed E-state index contributed by atoms with van der Waals surface area (Å²) in [5.74, 6) is 0.688. The Morgan fingerprint density at radius 3 is 2.24 bits per heavy atom. The van der Waals surface area contributed by atoms with Gasteiger partial charge in [0.05, 0.1) is 67.7 Å². The van der Waals surface area contributed by atoms with Crippen LogP contribution in [0.4, 0.5) is 21.2 Å². The highest BCUT2D eigenvalue weighted by molar-refractivity contribution is 8.00. The first-order valence-corrected chi connectivity index (χ1v) is 32.3. The Bertz CT molecular complexity index is 3600. The number of carbonyl (C=O) groups excluding carboxylic acids is 7. The van der Waals surface area contributed by atoms with E-state index in [0.717, 1.165) is 48.0 Å². The summed E-state index contributed by atoms with van der Waals surface area (Å²) in [5.41, 5.74) is 9.09. The SMILES string of the molecule is C=C1NC2CSC(CCCCC(=O)NCCNC(=O)C(CCCCNC(=O)OC(C)c3cc(OC)c(OCCCC(=O)NCCOCCOC(=O)NCc4ccc(COc5nc(N)nc6[nH]cnc56)cc4)cc3[N+](=O)[O-])NC(=O)c3ccc(C(=O)c4ccccc4)cc3)C2N1. The molecule has 8 rings (SSSR count). The maximum absolute atomic E-state index is 13.6. The lowest BCUT2D eigenvalue weighted by atomic mass is 10.0. The fourth-order valence-corrected chi connectivity index (χ4v) is 11.9. The van der Waals surface area contributed by atoms with E-state index >= 15 is 0 Å². The number of imidazole rings is 1. The van der Waals surface area contributed by atoms with Crippen molar-refractivity contribution >= 4 is 76.2 Å². The molecule has 2 aromatic heterocycles. The monoisotopic (exact) mass is 1330 g/mol. The van der Waals surface area contributed by atoms with E-state index in [-0.39, 0.29) is 137 Å². The number of rotatable bonds is 38. The number of benzene rings is 4. The minimum atomic E-state index is -1.13. The van der Waals surface area contributed by atoms with E-state index in [2.05, 4.69) is 69.0 Å². The molecule has 2 aliphatic rings. The van der Waals surface area contributed by atoms with Crippen LogP contribution in [0.15, 0.2) is 110 Å². The molecule has 0 spiro atoms. The zero-order chi connectivity index (χ0) is 67.5. The van der Waals surface area contributed by atoms with Crippen molar-refractivity contribution in [2.75, 3.05) is 71.2 Å². The predicted octanol–water partition coefficient (Wildman–Crippen LogP) is 5.95. The molecule has 95 heavy (non-hydrogen) atoms. The molecule has 29 nitrogen and oxygen atoms in total. The number of methoxy groups -OCH3 is 1. The Morgan fingerprint density at radius 2 is 1.47 bits per heavy atom. The van der Waals surface area contributed by atoms with Crippen LogP contribution in [-0.4, -0.2) is 155 Å². The average Bonchev–Trinajstić information content (AvgIpc) is 1.71. The van der Waals surface area contributed by atoms with Crippen LogP contribution in [0.25, 0.3) is 11.2 Å². The molecule has 2 aliphatic heterocycles. The van der Waals surface area contributed by atoms with Crippen molar-refractivity contribution in [3.8, 4) is 17.4 Å². The van der Waals surface area contributed by atoms with Crippen LogP contribution in [0.1, 0.15) is 114 Å². The molecule has 4 aromatic carbocycles. The fraction of sp³-hybridized carbons (Fsp3) is 0.415. The van der Waals surface area contributed by atoms with Gasteiger partial charge in [-0.05, 0) is 74.8 Å². The molecule has 5 atom stereocenters. The molecule has 2 fully saturated rings. The van der Waals surface area contributed by atoms with Crippen molar-refractivity contribution < 1.29 is 66.9 Å². The highest BCUT2D eigenvalue weighted by atomic mass is 32.2. The number of amides is 6. The number of nitro groups is 1. The normalized spacial score (nSPS) is 15.2. The third-order valence-corrected chi connectivity index (χ3v) is 16.8. The number of anilines is 1. The highest BCUT2D eigenvalue weighted by Crippen LogP contribution is 2.39. The largest absolute Gasteiger partial charge is 0.493 e. The number of carbonyl (C=O) groups is 7. The first-order valence-electron chi connectivity index (χ1n) is 31.3. The first kappa shape index (κ1) is 70.6. The lowest BCUT2D eigenvalue weighted by Crippen LogP contribution is -2.48. The van der Waals surface area contributed by atoms with Crippen molar-refractivity contribution in [2.45, 2.75) is 107 Å². The summed E-state index contributed by atoms with van der Waals surface area (Å²) in [6.45, 7) is 6.66. The summed E-state index contributed by atoms with van der Waals surface area (Å²) in [7, 11) is 1.34. The van der Waals surface area contributed by atoms with E-state index in [1.807, 2.05) is 36.0 Å². The Balaban J connectivity index is 0.697. The first-order chi connectivity index (χ1) is 46.0. The van der Waals surface area contributed by atoms with Crippen molar-refractivity contribution in [3.63, 3.8) is 0 Å². The van der Waals surface area contributed by atoms with Gasteiger partial charge in [0.15, 0.2) is 28.4 Å². The molecule has 0 radical (unpaired) electrons. The number of aromatic amines is 1. The smallest absolute Gasteiger partial charge is 0.407 e. The number of ether oxygens (including phenoxy) is 6. The third-order valence-electron chi connectivity index (χ3n) is 15.3. The van der Waals surface area contributed by atoms with Gasteiger partial charge in [-0.3, -0.25) is 34.1 Å². The van der Waals surface area contributed by atoms with Crippen LogP contribution in [-0.2, 0) is 41.7 Å². The van der Waals surface area contributed by atoms with Gasteiger partial charge >= 0.3 is 12.2 Å². The maximum atomic E-state index is 13.6. The van der Waals surface area contributed by atoms with Gasteiger partial charge in [0.2, 0.25) is 29.5 Å². The molecule has 5 unspecified atom stereocenters. The van der Waals surface area contributed by atoms with E-state index in [9.17, 15) is 43.7 Å². The minimum Gasteiger partial charge on any atom is -0.493 e. The number of hydrogen-bond acceptors (Lipinski definition) is 22. The Morgan fingerprint density at radius 1 is 0.747 bits per heavy atom. The number of H-pyrrole nitrogens is 1. The topological polar surface area (TPSA) is 395 Å². The van der Waals surface area contributed by atoms with Crippen LogP contribution in [0.3, 0.4) is 0 Å². The number of hydrogen-bond donors (Lipinski definition) is 10. The number of fused-ring (bicyclic) bond motifs is 2. The molecule has 0 bridgehead atoms. The quantitative estimate of drug-likeness (QED) is 0.00927. The van der Waals surface area contributed by atoms with E-state index in [4.69, 9.17) is 34.2 Å². The van der Waals surface area contributed by atoms with Crippen molar-refractivity contribution in [3.05, 3.63) is 153 Å². The lowest BCUT2D eigenvalue weighted by Gasteiger charge is -2.19. The number of aromatic nitrogens is 4. The van der Waals surface area contributed by atoms with Crippen molar-refractivity contribution in [2.24, 2.45) is 0 Å². The summed E-state index contributed by atoms with van der Waals surface area (Å²) in [6, 6.07) is 24.4. The average molecular weight is 1330 g/mol. The summed E-state index contributed by atoms with van der Waals surface area (Å²) >= 11 is 1.93. The van der Waals surface area contributed by atoms with E-state index in [1.54, 1.807) is 42.5 Å². The molecule has 11 N–H and O–H groups in total. The number of nitro benzene ring substituents is 1. The van der Waals surface area contributed by atoms with Crippen molar-refractivity contribution in [1.29, 1.82) is 0 Å². The number of unbranched alkanes of at least 4 members (excludes halogenated alkanes) is 2. The summed E-state index contributed by atoms with van der Waals surface area (Å²) in [5, 5.41) is 36.0. The van der Waals surface area contributed by atoms with Gasteiger partial charge in [-0.2, -0.15) is 21.7 Å². The summed E-state index contributed by atoms with van der Waals surface area (Å²) in [4.78, 5) is 118. The number of thioether (sulfide) groups is 1. The summed E-state index contributed by atoms with van der Waals surface area (Å²) < 4.78 is 33.3. The summed E-state index contributed by atoms with van der Waals surface area (Å²) in [6.07, 6.45) is 2.98. The second-order valence-corrected chi connectivity index (χ2v) is 23.5. The van der Waals surface area contributed by atoms with Crippen LogP contribution in [0.5, 0.6) is 17.4 Å². The molecular weight excluding hydrogens is 1250 g/mol. The van der Waals surface area contributed by atoms with Gasteiger partial charge in [0, 0.05) is 73.3 Å². The highest BCUT2D eigenvalue weighted by Gasteiger charge is 2.40. The molecule has 2 saturated heterocycles.